The highest BCUT2D eigenvalue weighted by Gasteiger charge is 2.25. The molecule has 0 aliphatic carbocycles. The number of ketones is 1. The summed E-state index contributed by atoms with van der Waals surface area (Å²) in [5.74, 6) is -1.51. The molecule has 0 saturated carbocycles. The maximum atomic E-state index is 12.4. The fourth-order valence-electron chi connectivity index (χ4n) is 2.51. The maximum Gasteiger partial charge on any atom is 0.379 e. The van der Waals surface area contributed by atoms with Crippen molar-refractivity contribution in [2.24, 2.45) is 0 Å². The molecule has 2 aromatic carbocycles. The molecule has 3 rings (SSSR count). The van der Waals surface area contributed by atoms with E-state index < -0.39 is 11.8 Å². The van der Waals surface area contributed by atoms with E-state index in [-0.39, 0.29) is 0 Å². The molecule has 0 saturated heterocycles. The third kappa shape index (κ3) is 2.29. The first-order chi connectivity index (χ1) is 10.6. The third-order valence-corrected chi connectivity index (χ3v) is 3.64. The van der Waals surface area contributed by atoms with Crippen LogP contribution in [0, 0.1) is 6.92 Å². The van der Waals surface area contributed by atoms with Gasteiger partial charge < -0.3 is 9.72 Å². The van der Waals surface area contributed by atoms with Crippen molar-refractivity contribution in [3.05, 3.63) is 59.7 Å². The number of benzene rings is 2. The molecule has 0 aliphatic rings. The molecular formula is C18H15NO3. The zero-order valence-electron chi connectivity index (χ0n) is 12.3. The lowest BCUT2D eigenvalue weighted by molar-refractivity contribution is -0.135. The molecule has 1 heterocycles. The molecule has 0 unspecified atom stereocenters. The van der Waals surface area contributed by atoms with E-state index in [0.717, 1.165) is 16.6 Å². The van der Waals surface area contributed by atoms with Crippen molar-refractivity contribution in [3.8, 4) is 11.3 Å². The summed E-state index contributed by atoms with van der Waals surface area (Å²) in [6.07, 6.45) is 0. The van der Waals surface area contributed by atoms with Gasteiger partial charge >= 0.3 is 5.97 Å². The molecule has 0 amide bonds. The van der Waals surface area contributed by atoms with Gasteiger partial charge in [0.15, 0.2) is 0 Å². The maximum absolute atomic E-state index is 12.4. The number of aromatic amines is 1. The number of Topliss-reactive ketones (excluding diaryl/α,β-unsaturated/α-hetero) is 1. The molecule has 0 spiro atoms. The Morgan fingerprint density at radius 1 is 1.00 bits per heavy atom. The van der Waals surface area contributed by atoms with Gasteiger partial charge in [0, 0.05) is 10.9 Å². The van der Waals surface area contributed by atoms with Crippen LogP contribution in [0.1, 0.15) is 15.9 Å². The highest BCUT2D eigenvalue weighted by atomic mass is 16.5. The van der Waals surface area contributed by atoms with Crippen molar-refractivity contribution in [3.63, 3.8) is 0 Å². The van der Waals surface area contributed by atoms with Gasteiger partial charge in [0.25, 0.3) is 5.78 Å². The van der Waals surface area contributed by atoms with Gasteiger partial charge in [-0.25, -0.2) is 4.79 Å². The molecule has 4 heteroatoms. The van der Waals surface area contributed by atoms with E-state index in [4.69, 9.17) is 0 Å². The molecule has 1 aromatic heterocycles. The fraction of sp³-hybridized carbons (Fsp3) is 0.111. The first-order valence-corrected chi connectivity index (χ1v) is 6.92. The van der Waals surface area contributed by atoms with Crippen LogP contribution in [0.25, 0.3) is 22.2 Å². The summed E-state index contributed by atoms with van der Waals surface area (Å²) in [6.45, 7) is 2.00. The van der Waals surface area contributed by atoms with E-state index in [1.54, 1.807) is 0 Å². The average Bonchev–Trinajstić information content (AvgIpc) is 2.93. The second-order valence-corrected chi connectivity index (χ2v) is 5.11. The zero-order chi connectivity index (χ0) is 15.7. The number of rotatable bonds is 3. The second kappa shape index (κ2) is 5.48. The van der Waals surface area contributed by atoms with Gasteiger partial charge in [-0.05, 0) is 18.6 Å². The number of carbonyl (C=O) groups excluding carboxylic acids is 2. The zero-order valence-corrected chi connectivity index (χ0v) is 12.3. The van der Waals surface area contributed by atoms with Crippen LogP contribution in [0.15, 0.2) is 48.5 Å². The van der Waals surface area contributed by atoms with E-state index in [9.17, 15) is 9.59 Å². The summed E-state index contributed by atoms with van der Waals surface area (Å²) in [5.41, 5.74) is 3.78. The number of para-hydroxylation sites is 1. The van der Waals surface area contributed by atoms with Gasteiger partial charge in [0.2, 0.25) is 0 Å². The molecule has 22 heavy (non-hydrogen) atoms. The Kier molecular flexibility index (Phi) is 3.51. The fourth-order valence-corrected chi connectivity index (χ4v) is 2.51. The predicted octanol–water partition coefficient (Wildman–Crippen LogP) is 3.50. The average molecular weight is 293 g/mol. The highest BCUT2D eigenvalue weighted by molar-refractivity contribution is 6.44. The topological polar surface area (TPSA) is 59.2 Å². The van der Waals surface area contributed by atoms with Gasteiger partial charge in [-0.3, -0.25) is 4.79 Å². The van der Waals surface area contributed by atoms with Crippen molar-refractivity contribution in [1.29, 1.82) is 0 Å². The number of hydrogen-bond acceptors (Lipinski definition) is 3. The van der Waals surface area contributed by atoms with Gasteiger partial charge in [-0.15, -0.1) is 0 Å². The first kappa shape index (κ1) is 14.1. The molecule has 0 bridgehead atoms. The molecule has 110 valence electrons. The Bertz CT molecular complexity index is 860. The minimum atomic E-state index is -0.863. The van der Waals surface area contributed by atoms with Crippen molar-refractivity contribution < 1.29 is 14.3 Å². The number of hydrogen-bond donors (Lipinski definition) is 1. The smallest absolute Gasteiger partial charge is 0.379 e. The molecule has 0 fully saturated rings. The van der Waals surface area contributed by atoms with Gasteiger partial charge in [0.1, 0.15) is 0 Å². The van der Waals surface area contributed by atoms with Crippen LogP contribution in [-0.2, 0) is 9.53 Å². The highest BCUT2D eigenvalue weighted by Crippen LogP contribution is 2.31. The minimum Gasteiger partial charge on any atom is -0.463 e. The quantitative estimate of drug-likeness (QED) is 0.457. The minimum absolute atomic E-state index is 0.353. The molecule has 1 N–H and O–H groups in total. The molecule has 0 atom stereocenters. The number of esters is 1. The largest absolute Gasteiger partial charge is 0.463 e. The normalized spacial score (nSPS) is 10.6. The molecular weight excluding hydrogens is 278 g/mol. The van der Waals surface area contributed by atoms with E-state index in [1.807, 2.05) is 55.5 Å². The van der Waals surface area contributed by atoms with E-state index in [2.05, 4.69) is 9.72 Å². The summed E-state index contributed by atoms with van der Waals surface area (Å²) in [5, 5.41) is 0.716. The van der Waals surface area contributed by atoms with Crippen molar-refractivity contribution >= 4 is 22.7 Å². The summed E-state index contributed by atoms with van der Waals surface area (Å²) in [4.78, 5) is 27.4. The first-order valence-electron chi connectivity index (χ1n) is 6.92. The van der Waals surface area contributed by atoms with Gasteiger partial charge in [0.05, 0.1) is 18.4 Å². The summed E-state index contributed by atoms with van der Waals surface area (Å²) in [7, 11) is 1.21. The molecule has 4 nitrogen and oxygen atoms in total. The Morgan fingerprint density at radius 3 is 2.36 bits per heavy atom. The van der Waals surface area contributed by atoms with Crippen LogP contribution >= 0.6 is 0 Å². The van der Waals surface area contributed by atoms with E-state index in [1.165, 1.54) is 7.11 Å². The van der Waals surface area contributed by atoms with Crippen molar-refractivity contribution in [1.82, 2.24) is 4.98 Å². The van der Waals surface area contributed by atoms with Crippen molar-refractivity contribution in [2.45, 2.75) is 6.92 Å². The Labute approximate surface area is 127 Å². The summed E-state index contributed by atoms with van der Waals surface area (Å²) in [6, 6.07) is 15.2. The van der Waals surface area contributed by atoms with E-state index >= 15 is 0 Å². The van der Waals surface area contributed by atoms with E-state index in [0.29, 0.717) is 16.6 Å². The van der Waals surface area contributed by atoms with Gasteiger partial charge in [-0.2, -0.15) is 0 Å². The Morgan fingerprint density at radius 2 is 1.68 bits per heavy atom. The van der Waals surface area contributed by atoms with Crippen LogP contribution in [0.2, 0.25) is 0 Å². The lowest BCUT2D eigenvalue weighted by Crippen LogP contribution is -2.16. The van der Waals surface area contributed by atoms with Crippen LogP contribution in [0.3, 0.4) is 0 Å². The third-order valence-electron chi connectivity index (χ3n) is 3.64. The monoisotopic (exact) mass is 293 g/mol. The number of aromatic nitrogens is 1. The van der Waals surface area contributed by atoms with Crippen LogP contribution in [-0.4, -0.2) is 23.8 Å². The number of ether oxygens (including phenoxy) is 1. The lowest BCUT2D eigenvalue weighted by Gasteiger charge is -2.04. The Balaban J connectivity index is 2.27. The number of aryl methyl sites for hydroxylation is 1. The number of H-pyrrole nitrogens is 1. The van der Waals surface area contributed by atoms with Gasteiger partial charge in [-0.1, -0.05) is 48.0 Å². The SMILES string of the molecule is COC(=O)C(=O)c1c(-c2ccc(C)cc2)[nH]c2ccccc12. The molecule has 0 radical (unpaired) electrons. The van der Waals surface area contributed by atoms with Crippen molar-refractivity contribution in [2.75, 3.05) is 7.11 Å². The molecule has 0 aliphatic heterocycles. The summed E-state index contributed by atoms with van der Waals surface area (Å²) < 4.78 is 4.59. The second-order valence-electron chi connectivity index (χ2n) is 5.11. The number of fused-ring (bicyclic) bond motifs is 1. The van der Waals surface area contributed by atoms with Crippen LogP contribution in [0.4, 0.5) is 0 Å². The lowest BCUT2D eigenvalue weighted by atomic mass is 10.0. The number of nitrogens with one attached hydrogen (secondary N) is 1. The predicted molar refractivity (Wildman–Crippen MR) is 84.8 cm³/mol. The van der Waals surface area contributed by atoms with Crippen LogP contribution < -0.4 is 0 Å². The summed E-state index contributed by atoms with van der Waals surface area (Å²) >= 11 is 0. The molecule has 3 aromatic rings. The number of carbonyl (C=O) groups is 2. The standard InChI is InChI=1S/C18H15NO3/c1-11-7-9-12(10-8-11)16-15(17(20)18(21)22-2)13-5-3-4-6-14(13)19-16/h3-10,19H,1-2H3. The van der Waals surface area contributed by atoms with Crippen LogP contribution in [0.5, 0.6) is 0 Å². The number of methoxy groups -OCH3 is 1. The Hall–Kier alpha value is -2.88.